The van der Waals surface area contributed by atoms with E-state index in [-0.39, 0.29) is 6.04 Å². The number of aromatic nitrogens is 1. The number of hydrogen-bond donors (Lipinski definition) is 1. The maximum atomic E-state index is 5.26. The maximum absolute atomic E-state index is 5.26. The zero-order valence-electron chi connectivity index (χ0n) is 13.4. The number of benzene rings is 1. The van der Waals surface area contributed by atoms with E-state index in [2.05, 4.69) is 55.4 Å². The van der Waals surface area contributed by atoms with Gasteiger partial charge in [0.15, 0.2) is 0 Å². The summed E-state index contributed by atoms with van der Waals surface area (Å²) in [6, 6.07) is 8.75. The summed E-state index contributed by atoms with van der Waals surface area (Å²) in [7, 11) is 3.80. The van der Waals surface area contributed by atoms with Gasteiger partial charge in [-0.2, -0.15) is 0 Å². The monoisotopic (exact) mass is 287 g/mol. The Balaban J connectivity index is 2.42. The second-order valence-corrected chi connectivity index (χ2v) is 5.35. The van der Waals surface area contributed by atoms with Crippen molar-refractivity contribution < 1.29 is 4.74 Å². The fourth-order valence-corrected chi connectivity index (χ4v) is 2.48. The molecule has 0 aliphatic heterocycles. The first kappa shape index (κ1) is 15.7. The van der Waals surface area contributed by atoms with E-state index < -0.39 is 0 Å². The summed E-state index contributed by atoms with van der Waals surface area (Å²) < 4.78 is 5.26. The molecule has 0 bridgehead atoms. The molecule has 2 rings (SSSR count). The van der Waals surface area contributed by atoms with E-state index in [0.29, 0.717) is 6.61 Å². The standard InChI is InChI=1S/C17H25N3O/c1-5-18-10-14-11-19-17(20(3)13(2)12-21-4)16-9-7-6-8-15(14)16/h6-9,11,13,18H,5,10,12H2,1-4H3. The van der Waals surface area contributed by atoms with E-state index >= 15 is 0 Å². The van der Waals surface area contributed by atoms with Crippen molar-refractivity contribution in [2.45, 2.75) is 26.4 Å². The third-order valence-electron chi connectivity index (χ3n) is 3.83. The van der Waals surface area contributed by atoms with Crippen LogP contribution in [0.4, 0.5) is 5.82 Å². The fourth-order valence-electron chi connectivity index (χ4n) is 2.48. The molecule has 114 valence electrons. The van der Waals surface area contributed by atoms with E-state index in [9.17, 15) is 0 Å². The normalized spacial score (nSPS) is 12.6. The van der Waals surface area contributed by atoms with Gasteiger partial charge in [0.05, 0.1) is 12.6 Å². The number of rotatable bonds is 7. The summed E-state index contributed by atoms with van der Waals surface area (Å²) in [5.74, 6) is 1.01. The average molecular weight is 287 g/mol. The number of ether oxygens (including phenoxy) is 1. The molecule has 1 aromatic heterocycles. The minimum absolute atomic E-state index is 0.283. The van der Waals surface area contributed by atoms with Crippen molar-refractivity contribution in [1.82, 2.24) is 10.3 Å². The second kappa shape index (κ2) is 7.38. The highest BCUT2D eigenvalue weighted by atomic mass is 16.5. The van der Waals surface area contributed by atoms with E-state index in [1.165, 1.54) is 16.3 Å². The lowest BCUT2D eigenvalue weighted by Crippen LogP contribution is -2.33. The van der Waals surface area contributed by atoms with Crippen LogP contribution in [-0.2, 0) is 11.3 Å². The summed E-state index contributed by atoms with van der Waals surface area (Å²) in [5, 5.41) is 5.83. The molecule has 0 saturated carbocycles. The number of nitrogens with one attached hydrogen (secondary N) is 1. The first-order valence-corrected chi connectivity index (χ1v) is 7.48. The van der Waals surface area contributed by atoms with Crippen molar-refractivity contribution in [2.75, 3.05) is 32.2 Å². The molecule has 21 heavy (non-hydrogen) atoms. The van der Waals surface area contributed by atoms with Crippen LogP contribution in [-0.4, -0.2) is 38.3 Å². The first-order chi connectivity index (χ1) is 10.2. The molecule has 4 heteroatoms. The van der Waals surface area contributed by atoms with Crippen molar-refractivity contribution in [2.24, 2.45) is 0 Å². The van der Waals surface area contributed by atoms with Gasteiger partial charge in [-0.05, 0) is 24.4 Å². The van der Waals surface area contributed by atoms with Crippen LogP contribution in [0.3, 0.4) is 0 Å². The van der Waals surface area contributed by atoms with Crippen LogP contribution >= 0.6 is 0 Å². The van der Waals surface area contributed by atoms with Gasteiger partial charge >= 0.3 is 0 Å². The van der Waals surface area contributed by atoms with E-state index in [0.717, 1.165) is 18.9 Å². The topological polar surface area (TPSA) is 37.4 Å². The molecule has 0 saturated heterocycles. The van der Waals surface area contributed by atoms with E-state index in [1.54, 1.807) is 7.11 Å². The van der Waals surface area contributed by atoms with Gasteiger partial charge in [-0.25, -0.2) is 4.98 Å². The fraction of sp³-hybridized carbons (Fsp3) is 0.471. The van der Waals surface area contributed by atoms with Crippen LogP contribution in [0.25, 0.3) is 10.8 Å². The zero-order valence-corrected chi connectivity index (χ0v) is 13.4. The molecule has 1 heterocycles. The highest BCUT2D eigenvalue weighted by Crippen LogP contribution is 2.27. The van der Waals surface area contributed by atoms with Crippen LogP contribution in [0, 0.1) is 0 Å². The Kier molecular flexibility index (Phi) is 5.53. The number of nitrogens with zero attached hydrogens (tertiary/aromatic N) is 2. The van der Waals surface area contributed by atoms with Crippen molar-refractivity contribution in [1.29, 1.82) is 0 Å². The Morgan fingerprint density at radius 2 is 2.00 bits per heavy atom. The van der Waals surface area contributed by atoms with Crippen molar-refractivity contribution in [3.8, 4) is 0 Å². The molecule has 0 aliphatic rings. The second-order valence-electron chi connectivity index (χ2n) is 5.35. The predicted octanol–water partition coefficient (Wildman–Crippen LogP) is 2.82. The maximum Gasteiger partial charge on any atom is 0.136 e. The molecule has 1 unspecified atom stereocenters. The number of methoxy groups -OCH3 is 1. The van der Waals surface area contributed by atoms with Crippen LogP contribution in [0.2, 0.25) is 0 Å². The average Bonchev–Trinajstić information content (AvgIpc) is 2.52. The largest absolute Gasteiger partial charge is 0.383 e. The summed E-state index contributed by atoms with van der Waals surface area (Å²) in [4.78, 5) is 6.88. The Labute approximate surface area is 127 Å². The molecule has 0 aliphatic carbocycles. The van der Waals surface area contributed by atoms with Gasteiger partial charge in [-0.15, -0.1) is 0 Å². The van der Waals surface area contributed by atoms with Crippen molar-refractivity contribution in [3.05, 3.63) is 36.0 Å². The third kappa shape index (κ3) is 3.52. The van der Waals surface area contributed by atoms with Crippen molar-refractivity contribution >= 4 is 16.6 Å². The quantitative estimate of drug-likeness (QED) is 0.849. The molecule has 4 nitrogen and oxygen atoms in total. The lowest BCUT2D eigenvalue weighted by Gasteiger charge is -2.27. The van der Waals surface area contributed by atoms with E-state index in [4.69, 9.17) is 9.72 Å². The first-order valence-electron chi connectivity index (χ1n) is 7.48. The van der Waals surface area contributed by atoms with E-state index in [1.807, 2.05) is 6.20 Å². The molecule has 0 fully saturated rings. The van der Waals surface area contributed by atoms with Gasteiger partial charge in [0.2, 0.25) is 0 Å². The molecule has 0 radical (unpaired) electrons. The van der Waals surface area contributed by atoms with Crippen LogP contribution in [0.15, 0.2) is 30.5 Å². The molecule has 0 amide bonds. The molecule has 2 aromatic rings. The molecular formula is C17H25N3O. The van der Waals surface area contributed by atoms with Crippen LogP contribution in [0.5, 0.6) is 0 Å². The Hall–Kier alpha value is -1.65. The SMILES string of the molecule is CCNCc1cnc(N(C)C(C)COC)c2ccccc12. The molecule has 1 N–H and O–H groups in total. The van der Waals surface area contributed by atoms with Gasteiger partial charge in [-0.3, -0.25) is 0 Å². The minimum atomic E-state index is 0.283. The Morgan fingerprint density at radius 1 is 1.29 bits per heavy atom. The van der Waals surface area contributed by atoms with Gasteiger partial charge in [0.25, 0.3) is 0 Å². The summed E-state index contributed by atoms with van der Waals surface area (Å²) in [6.07, 6.45) is 1.98. The van der Waals surface area contributed by atoms with Crippen molar-refractivity contribution in [3.63, 3.8) is 0 Å². The summed E-state index contributed by atoms with van der Waals surface area (Å²) in [5.41, 5.74) is 1.24. The molecule has 0 spiro atoms. The molecular weight excluding hydrogens is 262 g/mol. The zero-order chi connectivity index (χ0) is 15.2. The van der Waals surface area contributed by atoms with Gasteiger partial charge in [0.1, 0.15) is 5.82 Å². The summed E-state index contributed by atoms with van der Waals surface area (Å²) in [6.45, 7) is 6.75. The van der Waals surface area contributed by atoms with Crippen LogP contribution in [0.1, 0.15) is 19.4 Å². The highest BCUT2D eigenvalue weighted by Gasteiger charge is 2.15. The summed E-state index contributed by atoms with van der Waals surface area (Å²) >= 11 is 0. The Morgan fingerprint density at radius 3 is 2.67 bits per heavy atom. The van der Waals surface area contributed by atoms with Gasteiger partial charge in [0, 0.05) is 32.3 Å². The predicted molar refractivity (Wildman–Crippen MR) is 88.9 cm³/mol. The number of fused-ring (bicyclic) bond motifs is 1. The highest BCUT2D eigenvalue weighted by molar-refractivity contribution is 5.94. The lowest BCUT2D eigenvalue weighted by molar-refractivity contribution is 0.183. The number of anilines is 1. The molecule has 1 atom stereocenters. The molecule has 1 aromatic carbocycles. The smallest absolute Gasteiger partial charge is 0.136 e. The minimum Gasteiger partial charge on any atom is -0.383 e. The van der Waals surface area contributed by atoms with Gasteiger partial charge < -0.3 is 15.0 Å². The number of hydrogen-bond acceptors (Lipinski definition) is 4. The third-order valence-corrected chi connectivity index (χ3v) is 3.83. The number of pyridine rings is 1. The van der Waals surface area contributed by atoms with Crippen LogP contribution < -0.4 is 10.2 Å². The Bertz CT molecular complexity index is 585. The lowest BCUT2D eigenvalue weighted by atomic mass is 10.1. The van der Waals surface area contributed by atoms with Gasteiger partial charge in [-0.1, -0.05) is 31.2 Å². The number of likely N-dealkylation sites (N-methyl/N-ethyl adjacent to an activating group) is 1.